The summed E-state index contributed by atoms with van der Waals surface area (Å²) in [5, 5.41) is 6.62. The van der Waals surface area contributed by atoms with Crippen molar-refractivity contribution in [1.82, 2.24) is 10.6 Å². The quantitative estimate of drug-likeness (QED) is 0.495. The van der Waals surface area contributed by atoms with Gasteiger partial charge >= 0.3 is 0 Å². The molecule has 2 atom stereocenters. The number of nitrogens with one attached hydrogen (secondary N) is 2. The highest BCUT2D eigenvalue weighted by Gasteiger charge is 2.18. The number of rotatable bonds is 7. The second-order valence-electron chi connectivity index (χ2n) is 4.41. The zero-order chi connectivity index (χ0) is 10.9. The lowest BCUT2D eigenvalue weighted by atomic mass is 9.87. The summed E-state index contributed by atoms with van der Waals surface area (Å²) < 4.78 is 0. The SMILES string of the molecule is C=CNCCCCC1CNCC(C=C)C1. The van der Waals surface area contributed by atoms with Crippen molar-refractivity contribution in [3.63, 3.8) is 0 Å². The maximum Gasteiger partial charge on any atom is 0.0141 e. The van der Waals surface area contributed by atoms with E-state index in [4.69, 9.17) is 0 Å². The molecule has 0 radical (unpaired) electrons. The Morgan fingerprint density at radius 3 is 2.87 bits per heavy atom. The Morgan fingerprint density at radius 1 is 1.27 bits per heavy atom. The average Bonchev–Trinajstić information content (AvgIpc) is 2.29. The molecule has 1 saturated heterocycles. The second kappa shape index (κ2) is 7.52. The van der Waals surface area contributed by atoms with Crippen LogP contribution in [-0.2, 0) is 0 Å². The highest BCUT2D eigenvalue weighted by Crippen LogP contribution is 2.21. The minimum absolute atomic E-state index is 0.690. The normalized spacial score (nSPS) is 25.9. The van der Waals surface area contributed by atoms with Crippen molar-refractivity contribution in [2.24, 2.45) is 11.8 Å². The first-order valence-electron chi connectivity index (χ1n) is 6.04. The summed E-state index contributed by atoms with van der Waals surface area (Å²) in [6, 6.07) is 0. The fourth-order valence-corrected chi connectivity index (χ4v) is 2.23. The molecule has 0 amide bonds. The Kier molecular flexibility index (Phi) is 6.17. The maximum atomic E-state index is 3.88. The van der Waals surface area contributed by atoms with Gasteiger partial charge in [-0.3, -0.25) is 0 Å². The molecule has 1 fully saturated rings. The smallest absolute Gasteiger partial charge is 0.0141 e. The molecule has 0 aliphatic carbocycles. The summed E-state index contributed by atoms with van der Waals surface area (Å²) in [4.78, 5) is 0. The van der Waals surface area contributed by atoms with Gasteiger partial charge in [0.1, 0.15) is 0 Å². The minimum Gasteiger partial charge on any atom is -0.391 e. The molecule has 15 heavy (non-hydrogen) atoms. The molecule has 2 nitrogen and oxygen atoms in total. The maximum absolute atomic E-state index is 3.88. The first-order valence-corrected chi connectivity index (χ1v) is 6.04. The molecule has 1 rings (SSSR count). The van der Waals surface area contributed by atoms with E-state index in [1.165, 1.54) is 32.2 Å². The third-order valence-corrected chi connectivity index (χ3v) is 3.14. The summed E-state index contributed by atoms with van der Waals surface area (Å²) in [5.74, 6) is 1.54. The number of hydrogen-bond donors (Lipinski definition) is 2. The lowest BCUT2D eigenvalue weighted by molar-refractivity contribution is 0.303. The van der Waals surface area contributed by atoms with E-state index in [0.29, 0.717) is 5.92 Å². The van der Waals surface area contributed by atoms with Gasteiger partial charge < -0.3 is 10.6 Å². The van der Waals surface area contributed by atoms with Crippen molar-refractivity contribution in [3.05, 3.63) is 25.4 Å². The second-order valence-corrected chi connectivity index (χ2v) is 4.41. The van der Waals surface area contributed by atoms with Crippen molar-refractivity contribution in [3.8, 4) is 0 Å². The Hall–Kier alpha value is -0.760. The van der Waals surface area contributed by atoms with Crippen LogP contribution in [0.4, 0.5) is 0 Å². The Balaban J connectivity index is 2.04. The molecule has 86 valence electrons. The van der Waals surface area contributed by atoms with E-state index >= 15 is 0 Å². The third-order valence-electron chi connectivity index (χ3n) is 3.14. The zero-order valence-electron chi connectivity index (χ0n) is 9.67. The Labute approximate surface area is 93.8 Å². The molecule has 2 heteroatoms. The summed E-state index contributed by atoms with van der Waals surface area (Å²) in [5.41, 5.74) is 0. The van der Waals surface area contributed by atoms with Crippen molar-refractivity contribution >= 4 is 0 Å². The van der Waals surface area contributed by atoms with Crippen LogP contribution in [0, 0.1) is 11.8 Å². The highest BCUT2D eigenvalue weighted by atomic mass is 14.9. The fourth-order valence-electron chi connectivity index (χ4n) is 2.23. The molecular formula is C13H24N2. The summed E-state index contributed by atoms with van der Waals surface area (Å²) in [6.07, 6.45) is 9.11. The van der Waals surface area contributed by atoms with E-state index < -0.39 is 0 Å². The van der Waals surface area contributed by atoms with Crippen LogP contribution in [0.5, 0.6) is 0 Å². The molecular weight excluding hydrogens is 184 g/mol. The van der Waals surface area contributed by atoms with Gasteiger partial charge in [0.25, 0.3) is 0 Å². The lowest BCUT2D eigenvalue weighted by Crippen LogP contribution is -2.35. The zero-order valence-corrected chi connectivity index (χ0v) is 9.67. The number of piperidine rings is 1. The van der Waals surface area contributed by atoms with Crippen LogP contribution in [0.15, 0.2) is 25.4 Å². The van der Waals surface area contributed by atoms with Crippen molar-refractivity contribution in [2.75, 3.05) is 19.6 Å². The van der Waals surface area contributed by atoms with Crippen LogP contribution in [-0.4, -0.2) is 19.6 Å². The van der Waals surface area contributed by atoms with Gasteiger partial charge in [0.15, 0.2) is 0 Å². The number of unbranched alkanes of at least 4 members (excludes halogenated alkanes) is 1. The molecule has 0 aromatic rings. The summed E-state index contributed by atoms with van der Waals surface area (Å²) >= 11 is 0. The van der Waals surface area contributed by atoms with E-state index in [2.05, 4.69) is 29.9 Å². The standard InChI is InChI=1S/C13H24N2/c1-3-12-9-13(11-15-10-12)7-5-6-8-14-4-2/h3-4,12-15H,1-2,5-11H2. The molecule has 0 aromatic carbocycles. The average molecular weight is 208 g/mol. The van der Waals surface area contributed by atoms with Gasteiger partial charge in [0, 0.05) is 13.1 Å². The van der Waals surface area contributed by atoms with Gasteiger partial charge in [-0.15, -0.1) is 6.58 Å². The van der Waals surface area contributed by atoms with Gasteiger partial charge in [-0.05, 0) is 43.8 Å². The van der Waals surface area contributed by atoms with Crippen LogP contribution in [0.1, 0.15) is 25.7 Å². The van der Waals surface area contributed by atoms with Crippen LogP contribution in [0.2, 0.25) is 0 Å². The van der Waals surface area contributed by atoms with Crippen molar-refractivity contribution < 1.29 is 0 Å². The predicted molar refractivity (Wildman–Crippen MR) is 66.7 cm³/mol. The Morgan fingerprint density at radius 2 is 2.13 bits per heavy atom. The third kappa shape index (κ3) is 5.03. The predicted octanol–water partition coefficient (Wildman–Crippen LogP) is 2.30. The molecule has 0 spiro atoms. The molecule has 2 unspecified atom stereocenters. The molecule has 1 aliphatic heterocycles. The van der Waals surface area contributed by atoms with Crippen LogP contribution < -0.4 is 10.6 Å². The molecule has 0 aromatic heterocycles. The topological polar surface area (TPSA) is 24.1 Å². The van der Waals surface area contributed by atoms with Gasteiger partial charge in [0.2, 0.25) is 0 Å². The molecule has 2 N–H and O–H groups in total. The molecule has 1 aliphatic rings. The molecule has 0 bridgehead atoms. The molecule has 0 saturated carbocycles. The number of hydrogen-bond acceptors (Lipinski definition) is 2. The summed E-state index contributed by atoms with van der Waals surface area (Å²) in [7, 11) is 0. The van der Waals surface area contributed by atoms with Crippen LogP contribution >= 0.6 is 0 Å². The summed E-state index contributed by atoms with van der Waals surface area (Å²) in [6.45, 7) is 10.9. The lowest BCUT2D eigenvalue weighted by Gasteiger charge is -2.28. The van der Waals surface area contributed by atoms with E-state index in [-0.39, 0.29) is 0 Å². The van der Waals surface area contributed by atoms with E-state index in [9.17, 15) is 0 Å². The Bertz CT molecular complexity index is 189. The van der Waals surface area contributed by atoms with Gasteiger partial charge in [-0.2, -0.15) is 0 Å². The van der Waals surface area contributed by atoms with E-state index in [1.807, 2.05) is 0 Å². The molecule has 1 heterocycles. The van der Waals surface area contributed by atoms with E-state index in [1.54, 1.807) is 6.20 Å². The van der Waals surface area contributed by atoms with Gasteiger partial charge in [-0.1, -0.05) is 19.1 Å². The van der Waals surface area contributed by atoms with Crippen molar-refractivity contribution in [2.45, 2.75) is 25.7 Å². The van der Waals surface area contributed by atoms with Crippen LogP contribution in [0.25, 0.3) is 0 Å². The monoisotopic (exact) mass is 208 g/mol. The van der Waals surface area contributed by atoms with E-state index in [0.717, 1.165) is 19.0 Å². The van der Waals surface area contributed by atoms with Crippen LogP contribution in [0.3, 0.4) is 0 Å². The highest BCUT2D eigenvalue weighted by molar-refractivity contribution is 4.86. The minimum atomic E-state index is 0.690. The first-order chi connectivity index (χ1) is 7.36. The van der Waals surface area contributed by atoms with Crippen molar-refractivity contribution in [1.29, 1.82) is 0 Å². The fraction of sp³-hybridized carbons (Fsp3) is 0.692. The first kappa shape index (κ1) is 12.3. The van der Waals surface area contributed by atoms with Gasteiger partial charge in [0.05, 0.1) is 0 Å². The van der Waals surface area contributed by atoms with Gasteiger partial charge in [-0.25, -0.2) is 0 Å². The largest absolute Gasteiger partial charge is 0.391 e.